The fraction of sp³-hybridized carbons (Fsp3) is 0.375. The molecular formula is C8H9ClN4. The normalized spacial score (nSPS) is 11.0. The highest BCUT2D eigenvalue weighted by Gasteiger charge is 2.07. The van der Waals surface area contributed by atoms with E-state index in [-0.39, 0.29) is 0 Å². The number of aromatic nitrogens is 4. The minimum absolute atomic E-state index is 0.395. The van der Waals surface area contributed by atoms with Crippen LogP contribution in [0.1, 0.15) is 11.6 Å². The summed E-state index contributed by atoms with van der Waals surface area (Å²) in [6.45, 7) is 1.85. The third-order valence-corrected chi connectivity index (χ3v) is 2.18. The standard InChI is InChI=1S/C8H9ClN4/c1-5-10-4-6-8(11-5)13(2)7(3-9)12-6/h4H,3H2,1-2H3. The van der Waals surface area contributed by atoms with Gasteiger partial charge in [-0.25, -0.2) is 15.0 Å². The Morgan fingerprint density at radius 1 is 1.46 bits per heavy atom. The molecule has 0 fully saturated rings. The summed E-state index contributed by atoms with van der Waals surface area (Å²) in [6, 6.07) is 0. The minimum atomic E-state index is 0.395. The molecule has 2 heterocycles. The first kappa shape index (κ1) is 8.44. The predicted molar refractivity (Wildman–Crippen MR) is 50.6 cm³/mol. The number of hydrogen-bond acceptors (Lipinski definition) is 3. The lowest BCUT2D eigenvalue weighted by atomic mass is 10.5. The van der Waals surface area contributed by atoms with Crippen LogP contribution in [-0.4, -0.2) is 19.5 Å². The van der Waals surface area contributed by atoms with E-state index in [4.69, 9.17) is 11.6 Å². The van der Waals surface area contributed by atoms with Gasteiger partial charge in [-0.2, -0.15) is 0 Å². The SMILES string of the molecule is Cc1ncc2nc(CCl)n(C)c2n1. The van der Waals surface area contributed by atoms with Crippen molar-refractivity contribution in [2.45, 2.75) is 12.8 Å². The molecule has 0 unspecified atom stereocenters. The second-order valence-electron chi connectivity index (χ2n) is 2.85. The molecule has 0 spiro atoms. The molecule has 0 saturated carbocycles. The van der Waals surface area contributed by atoms with Crippen LogP contribution in [0.4, 0.5) is 0 Å². The van der Waals surface area contributed by atoms with Crippen LogP contribution in [0, 0.1) is 6.92 Å². The van der Waals surface area contributed by atoms with Gasteiger partial charge in [-0.15, -0.1) is 11.6 Å². The summed E-state index contributed by atoms with van der Waals surface area (Å²) in [6.07, 6.45) is 1.72. The Morgan fingerprint density at radius 2 is 2.23 bits per heavy atom. The lowest BCUT2D eigenvalue weighted by Crippen LogP contribution is -1.96. The van der Waals surface area contributed by atoms with E-state index < -0.39 is 0 Å². The zero-order chi connectivity index (χ0) is 9.42. The largest absolute Gasteiger partial charge is 0.315 e. The minimum Gasteiger partial charge on any atom is -0.315 e. The molecular weight excluding hydrogens is 188 g/mol. The number of alkyl halides is 1. The summed E-state index contributed by atoms with van der Waals surface area (Å²) in [5.74, 6) is 1.96. The molecule has 2 aromatic heterocycles. The molecule has 0 aliphatic carbocycles. The molecule has 0 amide bonds. The molecule has 0 radical (unpaired) electrons. The number of fused-ring (bicyclic) bond motifs is 1. The topological polar surface area (TPSA) is 43.6 Å². The second-order valence-corrected chi connectivity index (χ2v) is 3.11. The zero-order valence-corrected chi connectivity index (χ0v) is 8.21. The molecule has 0 saturated heterocycles. The molecule has 0 bridgehead atoms. The Balaban J connectivity index is 2.77. The molecule has 0 atom stereocenters. The first-order valence-corrected chi connectivity index (χ1v) is 4.46. The van der Waals surface area contributed by atoms with Crippen LogP contribution in [0.15, 0.2) is 6.20 Å². The maximum absolute atomic E-state index is 5.71. The van der Waals surface area contributed by atoms with Gasteiger partial charge in [0.15, 0.2) is 5.65 Å². The third-order valence-electron chi connectivity index (χ3n) is 1.94. The van der Waals surface area contributed by atoms with E-state index in [1.807, 2.05) is 18.5 Å². The van der Waals surface area contributed by atoms with Crippen molar-refractivity contribution in [3.05, 3.63) is 17.8 Å². The van der Waals surface area contributed by atoms with Gasteiger partial charge in [0.1, 0.15) is 17.2 Å². The van der Waals surface area contributed by atoms with E-state index in [9.17, 15) is 0 Å². The number of imidazole rings is 1. The van der Waals surface area contributed by atoms with Gasteiger partial charge in [-0.1, -0.05) is 0 Å². The Bertz CT molecular complexity index is 449. The van der Waals surface area contributed by atoms with Gasteiger partial charge in [0.2, 0.25) is 0 Å². The van der Waals surface area contributed by atoms with E-state index in [1.165, 1.54) is 0 Å². The van der Waals surface area contributed by atoms with Crippen LogP contribution in [0.3, 0.4) is 0 Å². The Kier molecular flexibility index (Phi) is 1.92. The molecule has 13 heavy (non-hydrogen) atoms. The van der Waals surface area contributed by atoms with Crippen molar-refractivity contribution in [1.82, 2.24) is 19.5 Å². The van der Waals surface area contributed by atoms with Crippen LogP contribution in [0.5, 0.6) is 0 Å². The highest BCUT2D eigenvalue weighted by Crippen LogP contribution is 2.12. The van der Waals surface area contributed by atoms with Crippen molar-refractivity contribution in [1.29, 1.82) is 0 Å². The molecule has 68 valence electrons. The van der Waals surface area contributed by atoms with Gasteiger partial charge < -0.3 is 4.57 Å². The van der Waals surface area contributed by atoms with E-state index in [1.54, 1.807) is 6.20 Å². The van der Waals surface area contributed by atoms with Gasteiger partial charge in [0.05, 0.1) is 12.1 Å². The first-order valence-electron chi connectivity index (χ1n) is 3.93. The number of halogens is 1. The summed E-state index contributed by atoms with van der Waals surface area (Å²) in [5.41, 5.74) is 1.63. The summed E-state index contributed by atoms with van der Waals surface area (Å²) in [7, 11) is 1.90. The van der Waals surface area contributed by atoms with Crippen LogP contribution in [-0.2, 0) is 12.9 Å². The van der Waals surface area contributed by atoms with Crippen molar-refractivity contribution < 1.29 is 0 Å². The summed E-state index contributed by atoms with van der Waals surface area (Å²) >= 11 is 5.71. The lowest BCUT2D eigenvalue weighted by Gasteiger charge is -1.96. The summed E-state index contributed by atoms with van der Waals surface area (Å²) in [5, 5.41) is 0. The molecule has 2 aromatic rings. The van der Waals surface area contributed by atoms with Gasteiger partial charge in [-0.05, 0) is 6.92 Å². The van der Waals surface area contributed by atoms with Gasteiger partial charge in [-0.3, -0.25) is 0 Å². The van der Waals surface area contributed by atoms with Gasteiger partial charge in [0, 0.05) is 7.05 Å². The Hall–Kier alpha value is -1.16. The Labute approximate surface area is 80.6 Å². The average Bonchev–Trinajstić information content (AvgIpc) is 2.44. The van der Waals surface area contributed by atoms with Crippen LogP contribution < -0.4 is 0 Å². The van der Waals surface area contributed by atoms with Crippen molar-refractivity contribution in [2.24, 2.45) is 7.05 Å². The molecule has 0 N–H and O–H groups in total. The Morgan fingerprint density at radius 3 is 2.92 bits per heavy atom. The fourth-order valence-corrected chi connectivity index (χ4v) is 1.47. The highest BCUT2D eigenvalue weighted by atomic mass is 35.5. The summed E-state index contributed by atoms with van der Waals surface area (Å²) in [4.78, 5) is 12.6. The highest BCUT2D eigenvalue weighted by molar-refractivity contribution is 6.16. The maximum Gasteiger partial charge on any atom is 0.163 e. The van der Waals surface area contributed by atoms with Crippen molar-refractivity contribution >= 4 is 22.8 Å². The van der Waals surface area contributed by atoms with E-state index >= 15 is 0 Å². The molecule has 5 heteroatoms. The maximum atomic E-state index is 5.71. The monoisotopic (exact) mass is 196 g/mol. The third kappa shape index (κ3) is 1.27. The number of rotatable bonds is 1. The quantitative estimate of drug-likeness (QED) is 0.648. The predicted octanol–water partition coefficient (Wildman–Crippen LogP) is 1.41. The first-order chi connectivity index (χ1) is 6.22. The molecule has 2 rings (SSSR count). The van der Waals surface area contributed by atoms with Crippen LogP contribution in [0.2, 0.25) is 0 Å². The van der Waals surface area contributed by atoms with Crippen LogP contribution in [0.25, 0.3) is 11.2 Å². The molecule has 0 aliphatic heterocycles. The van der Waals surface area contributed by atoms with E-state index in [2.05, 4.69) is 15.0 Å². The fourth-order valence-electron chi connectivity index (χ4n) is 1.23. The van der Waals surface area contributed by atoms with Crippen molar-refractivity contribution in [3.8, 4) is 0 Å². The molecule has 4 nitrogen and oxygen atoms in total. The van der Waals surface area contributed by atoms with E-state index in [0.717, 1.165) is 22.8 Å². The van der Waals surface area contributed by atoms with Crippen molar-refractivity contribution in [3.63, 3.8) is 0 Å². The number of nitrogens with zero attached hydrogens (tertiary/aromatic N) is 4. The zero-order valence-electron chi connectivity index (χ0n) is 7.45. The van der Waals surface area contributed by atoms with E-state index in [0.29, 0.717) is 5.88 Å². The second kappa shape index (κ2) is 2.96. The smallest absolute Gasteiger partial charge is 0.163 e. The van der Waals surface area contributed by atoms with Gasteiger partial charge in [0.25, 0.3) is 0 Å². The van der Waals surface area contributed by atoms with Crippen LogP contribution >= 0.6 is 11.6 Å². The summed E-state index contributed by atoms with van der Waals surface area (Å²) < 4.78 is 1.89. The van der Waals surface area contributed by atoms with Crippen molar-refractivity contribution in [2.75, 3.05) is 0 Å². The number of hydrogen-bond donors (Lipinski definition) is 0. The average molecular weight is 197 g/mol. The lowest BCUT2D eigenvalue weighted by molar-refractivity contribution is 0.858. The molecule has 0 aliphatic rings. The number of aryl methyl sites for hydroxylation is 2. The van der Waals surface area contributed by atoms with Gasteiger partial charge >= 0.3 is 0 Å². The molecule has 0 aromatic carbocycles.